The number of nitrogens with two attached hydrogens (primary N) is 1. The molecule has 0 spiro atoms. The third-order valence-corrected chi connectivity index (χ3v) is 9.03. The summed E-state index contributed by atoms with van der Waals surface area (Å²) >= 11 is 0. The average Bonchev–Trinajstić information content (AvgIpc) is 2.64. The van der Waals surface area contributed by atoms with Crippen LogP contribution in [0, 0.1) is 34.8 Å². The van der Waals surface area contributed by atoms with E-state index in [9.17, 15) is 26.8 Å². The van der Waals surface area contributed by atoms with Crippen LogP contribution in [-0.2, 0) is 19.6 Å². The standard InChI is InChI=1S/C22H29F2N3O4S/c1-21(2,27-32(30,31)17-7-15(23)3-4-16(17)24)11-18(28)26-19-13-5-12-6-14(19)10-22(8-12,9-13)20(25)29/h3-4,7,12-14,19,27H,5-6,8-11H2,1-2H3,(H2,25,29)(H,26,28). The van der Waals surface area contributed by atoms with Crippen molar-refractivity contribution in [2.75, 3.05) is 0 Å². The molecule has 2 amide bonds. The molecule has 4 N–H and O–H groups in total. The van der Waals surface area contributed by atoms with Crippen LogP contribution in [-0.4, -0.2) is 31.8 Å². The number of benzene rings is 1. The molecule has 2 atom stereocenters. The number of hydrogen-bond donors (Lipinski definition) is 3. The quantitative estimate of drug-likeness (QED) is 0.567. The van der Waals surface area contributed by atoms with Crippen LogP contribution in [0.5, 0.6) is 0 Å². The largest absolute Gasteiger partial charge is 0.369 e. The Kier molecular flexibility index (Phi) is 5.60. The molecule has 32 heavy (non-hydrogen) atoms. The Morgan fingerprint density at radius 2 is 1.78 bits per heavy atom. The van der Waals surface area contributed by atoms with Gasteiger partial charge in [-0.2, -0.15) is 0 Å². The van der Waals surface area contributed by atoms with Gasteiger partial charge in [0.15, 0.2) is 0 Å². The van der Waals surface area contributed by atoms with Crippen LogP contribution in [0.25, 0.3) is 0 Å². The number of sulfonamides is 1. The Labute approximate surface area is 186 Å². The third-order valence-electron chi connectivity index (χ3n) is 7.32. The van der Waals surface area contributed by atoms with Gasteiger partial charge < -0.3 is 11.1 Å². The lowest BCUT2D eigenvalue weighted by Crippen LogP contribution is -2.62. The first kappa shape index (κ1) is 23.1. The fraction of sp³-hybridized carbons (Fsp3) is 0.636. The van der Waals surface area contributed by atoms with E-state index in [1.165, 1.54) is 13.8 Å². The molecule has 4 bridgehead atoms. The summed E-state index contributed by atoms with van der Waals surface area (Å²) in [5.41, 5.74) is 4.02. The maximum absolute atomic E-state index is 14.0. The SMILES string of the molecule is CC(C)(CC(=O)NC1C2CC3CC1CC(C(N)=O)(C3)C2)NS(=O)(=O)c1cc(F)ccc1F. The highest BCUT2D eigenvalue weighted by Gasteiger charge is 2.58. The van der Waals surface area contributed by atoms with Crippen molar-refractivity contribution in [2.45, 2.75) is 68.8 Å². The minimum Gasteiger partial charge on any atom is -0.369 e. The van der Waals surface area contributed by atoms with Crippen molar-refractivity contribution in [3.63, 3.8) is 0 Å². The van der Waals surface area contributed by atoms with Crippen LogP contribution in [0.1, 0.15) is 52.4 Å². The van der Waals surface area contributed by atoms with Crippen LogP contribution in [0.4, 0.5) is 8.78 Å². The second-order valence-corrected chi connectivity index (χ2v) is 12.1. The highest BCUT2D eigenvalue weighted by Crippen LogP contribution is 2.59. The van der Waals surface area contributed by atoms with Crippen molar-refractivity contribution in [1.29, 1.82) is 0 Å². The molecule has 4 fully saturated rings. The molecule has 4 aliphatic rings. The van der Waals surface area contributed by atoms with E-state index < -0.39 is 37.5 Å². The predicted molar refractivity (Wildman–Crippen MR) is 112 cm³/mol. The molecular weight excluding hydrogens is 440 g/mol. The maximum atomic E-state index is 14.0. The van der Waals surface area contributed by atoms with Gasteiger partial charge in [0.05, 0.1) is 0 Å². The smallest absolute Gasteiger partial charge is 0.244 e. The number of amides is 2. The summed E-state index contributed by atoms with van der Waals surface area (Å²) in [4.78, 5) is 24.1. The minimum atomic E-state index is -4.38. The highest BCUT2D eigenvalue weighted by molar-refractivity contribution is 7.89. The molecule has 0 heterocycles. The van der Waals surface area contributed by atoms with Crippen LogP contribution < -0.4 is 15.8 Å². The fourth-order valence-corrected chi connectivity index (χ4v) is 7.84. The zero-order valence-corrected chi connectivity index (χ0v) is 19.0. The van der Waals surface area contributed by atoms with Crippen molar-refractivity contribution in [1.82, 2.24) is 10.0 Å². The first-order valence-corrected chi connectivity index (χ1v) is 12.4. The zero-order chi connectivity index (χ0) is 23.5. The van der Waals surface area contributed by atoms with E-state index in [0.717, 1.165) is 31.4 Å². The monoisotopic (exact) mass is 469 g/mol. The van der Waals surface area contributed by atoms with E-state index >= 15 is 0 Å². The van der Waals surface area contributed by atoms with Gasteiger partial charge in [-0.15, -0.1) is 0 Å². The van der Waals surface area contributed by atoms with Crippen LogP contribution >= 0.6 is 0 Å². The van der Waals surface area contributed by atoms with Crippen molar-refractivity contribution < 1.29 is 26.8 Å². The van der Waals surface area contributed by atoms with Crippen LogP contribution in [0.15, 0.2) is 23.1 Å². The van der Waals surface area contributed by atoms with E-state index in [1.807, 2.05) is 0 Å². The van der Waals surface area contributed by atoms with E-state index in [1.54, 1.807) is 0 Å². The van der Waals surface area contributed by atoms with E-state index in [4.69, 9.17) is 5.73 Å². The average molecular weight is 470 g/mol. The second kappa shape index (κ2) is 7.76. The van der Waals surface area contributed by atoms with E-state index in [-0.39, 0.29) is 36.1 Å². The number of carbonyl (C=O) groups excluding carboxylic acids is 2. The topological polar surface area (TPSA) is 118 Å². The molecule has 5 rings (SSSR count). The summed E-state index contributed by atoms with van der Waals surface area (Å²) in [5, 5.41) is 3.06. The molecule has 0 aromatic heterocycles. The summed E-state index contributed by atoms with van der Waals surface area (Å²) in [7, 11) is -4.38. The molecule has 0 radical (unpaired) electrons. The zero-order valence-electron chi connectivity index (χ0n) is 18.2. The van der Waals surface area contributed by atoms with Gasteiger partial charge in [0.1, 0.15) is 16.5 Å². The van der Waals surface area contributed by atoms with Crippen molar-refractivity contribution in [2.24, 2.45) is 28.9 Å². The molecular formula is C22H29F2N3O4S. The summed E-state index contributed by atoms with van der Waals surface area (Å²) in [6, 6.07) is 2.12. The molecule has 1 aromatic carbocycles. The third kappa shape index (κ3) is 4.26. The van der Waals surface area contributed by atoms with Crippen molar-refractivity contribution in [3.8, 4) is 0 Å². The van der Waals surface area contributed by atoms with E-state index in [2.05, 4.69) is 10.0 Å². The summed E-state index contributed by atoms with van der Waals surface area (Å²) < 4.78 is 54.9. The molecule has 2 unspecified atom stereocenters. The van der Waals surface area contributed by atoms with Gasteiger partial charge in [0.2, 0.25) is 21.8 Å². The molecule has 4 aliphatic carbocycles. The maximum Gasteiger partial charge on any atom is 0.244 e. The number of primary amides is 1. The predicted octanol–water partition coefficient (Wildman–Crippen LogP) is 2.21. The normalized spacial score (nSPS) is 31.5. The highest BCUT2D eigenvalue weighted by atomic mass is 32.2. The number of hydrogen-bond acceptors (Lipinski definition) is 4. The van der Waals surface area contributed by atoms with Gasteiger partial charge >= 0.3 is 0 Å². The Morgan fingerprint density at radius 3 is 2.38 bits per heavy atom. The van der Waals surface area contributed by atoms with Gasteiger partial charge in [-0.05, 0) is 81.9 Å². The number of nitrogens with one attached hydrogen (secondary N) is 2. The molecule has 1 aromatic rings. The lowest BCUT2D eigenvalue weighted by atomic mass is 9.47. The van der Waals surface area contributed by atoms with Crippen molar-refractivity contribution >= 4 is 21.8 Å². The van der Waals surface area contributed by atoms with Gasteiger partial charge in [-0.25, -0.2) is 21.9 Å². The molecule has 0 aliphatic heterocycles. The summed E-state index contributed by atoms with van der Waals surface area (Å²) in [6.45, 7) is 3.03. The minimum absolute atomic E-state index is 0.0698. The molecule has 176 valence electrons. The van der Waals surface area contributed by atoms with Crippen LogP contribution in [0.2, 0.25) is 0 Å². The van der Waals surface area contributed by atoms with E-state index in [0.29, 0.717) is 24.8 Å². The summed E-state index contributed by atoms with van der Waals surface area (Å²) in [6.07, 6.45) is 3.91. The second-order valence-electron chi connectivity index (χ2n) is 10.4. The summed E-state index contributed by atoms with van der Waals surface area (Å²) in [5.74, 6) is -1.71. The number of halogens is 2. The first-order chi connectivity index (χ1) is 14.8. The molecule has 7 nitrogen and oxygen atoms in total. The Balaban J connectivity index is 1.42. The Morgan fingerprint density at radius 1 is 1.16 bits per heavy atom. The van der Waals surface area contributed by atoms with Gasteiger partial charge in [-0.1, -0.05) is 0 Å². The molecule has 0 saturated heterocycles. The van der Waals surface area contributed by atoms with Gasteiger partial charge in [-0.3, -0.25) is 9.59 Å². The fourth-order valence-electron chi connectivity index (χ4n) is 6.34. The molecule has 10 heteroatoms. The lowest BCUT2D eigenvalue weighted by Gasteiger charge is -2.58. The molecule has 4 saturated carbocycles. The number of rotatable bonds is 7. The Hall–Kier alpha value is -2.07. The van der Waals surface area contributed by atoms with Gasteiger partial charge in [0.25, 0.3) is 0 Å². The van der Waals surface area contributed by atoms with Crippen molar-refractivity contribution in [3.05, 3.63) is 29.8 Å². The van der Waals surface area contributed by atoms with Crippen LogP contribution in [0.3, 0.4) is 0 Å². The first-order valence-electron chi connectivity index (χ1n) is 10.9. The van der Waals surface area contributed by atoms with Gasteiger partial charge in [0, 0.05) is 23.4 Å². The number of carbonyl (C=O) groups is 2. The lowest BCUT2D eigenvalue weighted by molar-refractivity contribution is -0.147. The Bertz CT molecular complexity index is 1040.